The predicted octanol–water partition coefficient (Wildman–Crippen LogP) is 4.75. The van der Waals surface area contributed by atoms with Crippen molar-refractivity contribution in [1.82, 2.24) is 0 Å². The summed E-state index contributed by atoms with van der Waals surface area (Å²) in [6, 6.07) is 5.65. The van der Waals surface area contributed by atoms with Gasteiger partial charge in [0.1, 0.15) is 12.4 Å². The van der Waals surface area contributed by atoms with Crippen LogP contribution in [0, 0.1) is 0 Å². The summed E-state index contributed by atoms with van der Waals surface area (Å²) in [7, 11) is 0. The Morgan fingerprint density at radius 2 is 2.12 bits per heavy atom. The number of amides is 1. The summed E-state index contributed by atoms with van der Waals surface area (Å²) in [6.45, 7) is 10.9. The van der Waals surface area contributed by atoms with Crippen molar-refractivity contribution in [3.8, 4) is 5.75 Å². The van der Waals surface area contributed by atoms with Crippen LogP contribution in [0.1, 0.15) is 39.2 Å². The van der Waals surface area contributed by atoms with Crippen molar-refractivity contribution in [2.45, 2.75) is 58.3 Å². The van der Waals surface area contributed by atoms with Crippen LogP contribution < -0.4 is 9.64 Å². The van der Waals surface area contributed by atoms with Crippen molar-refractivity contribution < 1.29 is 29.2 Å². The van der Waals surface area contributed by atoms with Crippen LogP contribution in [0.4, 0.5) is 10.5 Å². The van der Waals surface area contributed by atoms with Gasteiger partial charge in [-0.25, -0.2) is 4.79 Å². The Morgan fingerprint density at radius 3 is 2.82 bits per heavy atom. The van der Waals surface area contributed by atoms with E-state index in [0.29, 0.717) is 61.1 Å². The van der Waals surface area contributed by atoms with Gasteiger partial charge in [-0.3, -0.25) is 4.90 Å². The first-order chi connectivity index (χ1) is 16.4. The molecule has 0 bridgehead atoms. The van der Waals surface area contributed by atoms with Crippen LogP contribution in [0.15, 0.2) is 53.6 Å². The van der Waals surface area contributed by atoms with Gasteiger partial charge < -0.3 is 24.4 Å². The van der Waals surface area contributed by atoms with Crippen molar-refractivity contribution in [3.63, 3.8) is 0 Å². The minimum absolute atomic E-state index is 0.117. The lowest BCUT2D eigenvalue weighted by Gasteiger charge is -2.30. The fraction of sp³-hybridized carbons (Fsp3) is 0.500. The average Bonchev–Trinajstić information content (AvgIpc) is 2.84. The third kappa shape index (κ3) is 7.87. The number of carbonyl (C=O) groups excluding carboxylic acids is 1. The van der Waals surface area contributed by atoms with E-state index in [4.69, 9.17) is 25.8 Å². The summed E-state index contributed by atoms with van der Waals surface area (Å²) in [4.78, 5) is 13.8. The highest BCUT2D eigenvalue weighted by atomic mass is 35.5. The number of nitrogens with zero attached hydrogens (tertiary/aromatic N) is 1. The number of hydrogen-bond donors (Lipinski definition) is 2. The SMILES string of the molecule is C=C(Cc1ccc2c(c1)N(C(=O)OCC)CCO2)/C(Cl)=C\C=C\C1CC(O)CC(CO)O1.CC. The second-order valence-electron chi connectivity index (χ2n) is 7.79. The molecule has 7 nitrogen and oxygen atoms in total. The molecule has 1 saturated heterocycles. The molecule has 1 aromatic carbocycles. The van der Waals surface area contributed by atoms with Gasteiger partial charge in [0, 0.05) is 17.9 Å². The molecular formula is C26H36ClNO6. The number of allylic oxidation sites excluding steroid dienone is 4. The van der Waals surface area contributed by atoms with Crippen LogP contribution in [0.25, 0.3) is 0 Å². The molecule has 0 aliphatic carbocycles. The van der Waals surface area contributed by atoms with E-state index < -0.39 is 12.2 Å². The Balaban J connectivity index is 0.00000199. The van der Waals surface area contributed by atoms with E-state index in [-0.39, 0.29) is 18.8 Å². The van der Waals surface area contributed by atoms with Gasteiger partial charge in [-0.1, -0.05) is 50.2 Å². The fourth-order valence-corrected chi connectivity index (χ4v) is 3.88. The number of anilines is 1. The summed E-state index contributed by atoms with van der Waals surface area (Å²) in [6.07, 6.45) is 5.21. The Morgan fingerprint density at radius 1 is 1.35 bits per heavy atom. The summed E-state index contributed by atoms with van der Waals surface area (Å²) < 4.78 is 16.5. The molecule has 1 fully saturated rings. The third-order valence-corrected chi connectivity index (χ3v) is 5.70. The highest BCUT2D eigenvalue weighted by molar-refractivity contribution is 6.32. The van der Waals surface area contributed by atoms with Crippen LogP contribution in [-0.4, -0.2) is 61.0 Å². The standard InChI is InChI=1S/C24H30ClNO6.C2H6/c1-3-30-24(29)26-9-10-31-23-8-7-17(12-22(23)26)11-16(2)21(25)6-4-5-19-13-18(28)14-20(15-27)32-19;1-2/h4-8,12,18-20,27-28H,2-3,9-11,13-15H2,1H3;1-2H3/b5-4+,21-6+;. The van der Waals surface area contributed by atoms with Gasteiger partial charge in [0.2, 0.25) is 0 Å². The van der Waals surface area contributed by atoms with Crippen molar-refractivity contribution in [2.75, 3.05) is 31.3 Å². The Labute approximate surface area is 207 Å². The Hall–Kier alpha value is -2.32. The van der Waals surface area contributed by atoms with Gasteiger partial charge >= 0.3 is 6.09 Å². The first-order valence-corrected chi connectivity index (χ1v) is 12.2. The maximum Gasteiger partial charge on any atom is 0.414 e. The minimum Gasteiger partial charge on any atom is -0.490 e. The molecule has 2 aliphatic rings. The highest BCUT2D eigenvalue weighted by Crippen LogP contribution is 2.34. The zero-order valence-electron chi connectivity index (χ0n) is 20.2. The lowest BCUT2D eigenvalue weighted by molar-refractivity contribution is -0.0935. The first kappa shape index (κ1) is 27.9. The van der Waals surface area contributed by atoms with Crippen molar-refractivity contribution in [1.29, 1.82) is 0 Å². The average molecular weight is 494 g/mol. The lowest BCUT2D eigenvalue weighted by atomic mass is 10.0. The van der Waals surface area contributed by atoms with E-state index in [2.05, 4.69) is 6.58 Å². The molecule has 0 spiro atoms. The highest BCUT2D eigenvalue weighted by Gasteiger charge is 2.26. The predicted molar refractivity (Wildman–Crippen MR) is 135 cm³/mol. The molecule has 1 amide bonds. The molecule has 188 valence electrons. The molecule has 2 aliphatic heterocycles. The molecule has 0 saturated carbocycles. The number of carbonyl (C=O) groups is 1. The zero-order valence-corrected chi connectivity index (χ0v) is 21.0. The fourth-order valence-electron chi connectivity index (χ4n) is 3.74. The van der Waals surface area contributed by atoms with E-state index in [0.717, 1.165) is 5.56 Å². The number of rotatable bonds is 7. The summed E-state index contributed by atoms with van der Waals surface area (Å²) in [5.41, 5.74) is 2.33. The number of aliphatic hydroxyl groups is 2. The number of fused-ring (bicyclic) bond motifs is 1. The van der Waals surface area contributed by atoms with Crippen LogP contribution >= 0.6 is 11.6 Å². The van der Waals surface area contributed by atoms with E-state index >= 15 is 0 Å². The molecule has 2 N–H and O–H groups in total. The van der Waals surface area contributed by atoms with Crippen LogP contribution in [0.3, 0.4) is 0 Å². The topological polar surface area (TPSA) is 88.5 Å². The molecule has 3 unspecified atom stereocenters. The molecule has 0 aromatic heterocycles. The number of halogens is 1. The molecule has 0 radical (unpaired) electrons. The number of ether oxygens (including phenoxy) is 3. The van der Waals surface area contributed by atoms with Gasteiger partial charge in [0.15, 0.2) is 0 Å². The molecule has 2 heterocycles. The van der Waals surface area contributed by atoms with Crippen LogP contribution in [-0.2, 0) is 15.9 Å². The van der Waals surface area contributed by atoms with Crippen molar-refractivity contribution in [3.05, 3.63) is 59.2 Å². The molecule has 34 heavy (non-hydrogen) atoms. The smallest absolute Gasteiger partial charge is 0.414 e. The van der Waals surface area contributed by atoms with Crippen molar-refractivity contribution in [2.24, 2.45) is 0 Å². The van der Waals surface area contributed by atoms with Gasteiger partial charge in [-0.15, -0.1) is 0 Å². The maximum atomic E-state index is 12.3. The summed E-state index contributed by atoms with van der Waals surface area (Å²) in [5.74, 6) is 0.638. The van der Waals surface area contributed by atoms with Gasteiger partial charge in [0.05, 0.1) is 43.8 Å². The number of benzene rings is 1. The quantitative estimate of drug-likeness (QED) is 0.533. The second-order valence-corrected chi connectivity index (χ2v) is 8.19. The monoisotopic (exact) mass is 493 g/mol. The van der Waals surface area contributed by atoms with Gasteiger partial charge in [0.25, 0.3) is 0 Å². The minimum atomic E-state index is -0.493. The van der Waals surface area contributed by atoms with E-state index in [9.17, 15) is 15.0 Å². The largest absolute Gasteiger partial charge is 0.490 e. The third-order valence-electron chi connectivity index (χ3n) is 5.31. The molecular weight excluding hydrogens is 458 g/mol. The van der Waals surface area contributed by atoms with Gasteiger partial charge in [-0.2, -0.15) is 0 Å². The normalized spacial score (nSPS) is 22.4. The van der Waals surface area contributed by atoms with Crippen LogP contribution in [0.5, 0.6) is 5.75 Å². The molecule has 3 rings (SSSR count). The molecule has 8 heteroatoms. The summed E-state index contributed by atoms with van der Waals surface area (Å²) >= 11 is 6.42. The number of aliphatic hydroxyl groups excluding tert-OH is 2. The second kappa shape index (κ2) is 14.2. The van der Waals surface area contributed by atoms with Crippen molar-refractivity contribution >= 4 is 23.4 Å². The van der Waals surface area contributed by atoms with E-state index in [1.54, 1.807) is 24.0 Å². The number of hydrogen-bond acceptors (Lipinski definition) is 6. The Bertz CT molecular complexity index is 884. The lowest BCUT2D eigenvalue weighted by Crippen LogP contribution is -2.38. The molecule has 1 aromatic rings. The van der Waals surface area contributed by atoms with E-state index in [1.165, 1.54) is 0 Å². The Kier molecular flexibility index (Phi) is 11.6. The maximum absolute atomic E-state index is 12.3. The van der Waals surface area contributed by atoms with Crippen LogP contribution in [0.2, 0.25) is 0 Å². The van der Waals surface area contributed by atoms with E-state index in [1.807, 2.05) is 38.1 Å². The first-order valence-electron chi connectivity index (χ1n) is 11.8. The summed E-state index contributed by atoms with van der Waals surface area (Å²) in [5, 5.41) is 19.6. The van der Waals surface area contributed by atoms with Gasteiger partial charge in [-0.05, 0) is 42.7 Å². The zero-order chi connectivity index (χ0) is 25.1. The molecule has 3 atom stereocenters.